The molecule has 26 heavy (non-hydrogen) atoms. The van der Waals surface area contributed by atoms with E-state index < -0.39 is 29.3 Å². The van der Waals surface area contributed by atoms with Crippen molar-refractivity contribution in [3.05, 3.63) is 45.2 Å². The molecule has 134 valence electrons. The summed E-state index contributed by atoms with van der Waals surface area (Å²) in [5.41, 5.74) is 4.84. The number of amides is 4. The van der Waals surface area contributed by atoms with Gasteiger partial charge in [0.05, 0.1) is 11.5 Å². The van der Waals surface area contributed by atoms with Crippen molar-refractivity contribution in [2.24, 2.45) is 5.73 Å². The molecule has 2 aromatic rings. The van der Waals surface area contributed by atoms with E-state index in [0.717, 1.165) is 0 Å². The molecule has 1 aromatic heterocycles. The average Bonchev–Trinajstić information content (AvgIpc) is 2.55. The van der Waals surface area contributed by atoms with E-state index in [0.29, 0.717) is 10.7 Å². The molecule has 0 bridgehead atoms. The fourth-order valence-corrected chi connectivity index (χ4v) is 2.66. The van der Waals surface area contributed by atoms with Crippen LogP contribution in [0.25, 0.3) is 0 Å². The molecule has 0 fully saturated rings. The van der Waals surface area contributed by atoms with Gasteiger partial charge in [-0.2, -0.15) is 4.98 Å². The molecule has 0 unspecified atom stereocenters. The van der Waals surface area contributed by atoms with Crippen LogP contribution in [0.5, 0.6) is 0 Å². The first-order valence-corrected chi connectivity index (χ1v) is 7.78. The Morgan fingerprint density at radius 3 is 2.58 bits per heavy atom. The Labute approximate surface area is 151 Å². The number of carbonyl (C=O) groups is 3. The maximum atomic E-state index is 12.4. The van der Waals surface area contributed by atoms with Gasteiger partial charge < -0.3 is 16.4 Å². The normalized spacial score (nSPS) is 15.6. The molecule has 0 radical (unpaired) electrons. The summed E-state index contributed by atoms with van der Waals surface area (Å²) in [4.78, 5) is 53.9. The molecule has 6 N–H and O–H groups in total. The van der Waals surface area contributed by atoms with Crippen LogP contribution in [0.1, 0.15) is 17.9 Å². The van der Waals surface area contributed by atoms with E-state index in [1.807, 2.05) is 5.32 Å². The van der Waals surface area contributed by atoms with Crippen LogP contribution < -0.4 is 27.2 Å². The number of rotatable bonds is 3. The minimum Gasteiger partial charge on any atom is -0.351 e. The fraction of sp³-hybridized carbons (Fsp3) is 0.133. The summed E-state index contributed by atoms with van der Waals surface area (Å²) in [7, 11) is 0. The summed E-state index contributed by atoms with van der Waals surface area (Å²) in [6.45, 7) is 0. The van der Waals surface area contributed by atoms with Crippen LogP contribution in [0.4, 0.5) is 22.2 Å². The van der Waals surface area contributed by atoms with E-state index in [1.165, 1.54) is 0 Å². The summed E-state index contributed by atoms with van der Waals surface area (Å²) in [5.74, 6) is -2.54. The number of anilines is 3. The van der Waals surface area contributed by atoms with Gasteiger partial charge in [0, 0.05) is 17.1 Å². The molecule has 1 atom stereocenters. The summed E-state index contributed by atoms with van der Waals surface area (Å²) >= 11 is 5.81. The second kappa shape index (κ2) is 6.84. The van der Waals surface area contributed by atoms with Crippen LogP contribution >= 0.6 is 11.6 Å². The van der Waals surface area contributed by atoms with Gasteiger partial charge in [-0.05, 0) is 24.3 Å². The van der Waals surface area contributed by atoms with Crippen LogP contribution in [0.3, 0.4) is 0 Å². The molecule has 0 spiro atoms. The maximum Gasteiger partial charge on any atom is 0.318 e. The van der Waals surface area contributed by atoms with E-state index in [2.05, 4.69) is 20.6 Å². The van der Waals surface area contributed by atoms with Gasteiger partial charge in [-0.25, -0.2) is 4.79 Å². The highest BCUT2D eigenvalue weighted by Crippen LogP contribution is 2.29. The lowest BCUT2D eigenvalue weighted by atomic mass is 9.92. The number of carbonyl (C=O) groups excluding carboxylic acids is 3. The van der Waals surface area contributed by atoms with Gasteiger partial charge in [0.15, 0.2) is 0 Å². The molecular weight excluding hydrogens is 364 g/mol. The van der Waals surface area contributed by atoms with Crippen molar-refractivity contribution < 1.29 is 14.4 Å². The van der Waals surface area contributed by atoms with Gasteiger partial charge in [0.1, 0.15) is 5.82 Å². The third-order valence-electron chi connectivity index (χ3n) is 3.62. The number of aromatic amines is 1. The van der Waals surface area contributed by atoms with E-state index >= 15 is 0 Å². The molecule has 4 amide bonds. The number of H-pyrrole nitrogens is 1. The third-order valence-corrected chi connectivity index (χ3v) is 3.87. The van der Waals surface area contributed by atoms with Gasteiger partial charge >= 0.3 is 6.03 Å². The van der Waals surface area contributed by atoms with Crippen molar-refractivity contribution >= 4 is 46.9 Å². The van der Waals surface area contributed by atoms with Gasteiger partial charge in [-0.3, -0.25) is 24.7 Å². The van der Waals surface area contributed by atoms with E-state index in [4.69, 9.17) is 17.3 Å². The summed E-state index contributed by atoms with van der Waals surface area (Å²) in [6.07, 6.45) is -0.305. The number of aromatic nitrogens is 2. The number of nitrogens with two attached hydrogens (primary N) is 1. The number of imide groups is 1. The van der Waals surface area contributed by atoms with Gasteiger partial charge in [-0.1, -0.05) is 11.6 Å². The lowest BCUT2D eigenvalue weighted by molar-refractivity contribution is -0.125. The van der Waals surface area contributed by atoms with E-state index in [1.54, 1.807) is 24.3 Å². The van der Waals surface area contributed by atoms with Crippen LogP contribution in [-0.2, 0) is 9.59 Å². The Bertz CT molecular complexity index is 956. The summed E-state index contributed by atoms with van der Waals surface area (Å²) < 4.78 is 0. The highest BCUT2D eigenvalue weighted by molar-refractivity contribution is 6.30. The molecular formula is C15H13ClN6O4. The lowest BCUT2D eigenvalue weighted by Crippen LogP contribution is -2.43. The third kappa shape index (κ3) is 3.64. The van der Waals surface area contributed by atoms with Crippen molar-refractivity contribution in [3.63, 3.8) is 0 Å². The highest BCUT2D eigenvalue weighted by atomic mass is 35.5. The topological polar surface area (TPSA) is 159 Å². The standard InChI is InChI=1S/C15H13ClN6O4/c16-6-1-3-7(4-2-6)18-15-20-11-10(13(25)22-15)8(5-9(23)19-11)12(24)21-14(17)26/h1-4,8H,5H2,(H3,17,21,24,26)(H3,18,19,20,22,23,25)/t8-/m1/s1. The predicted octanol–water partition coefficient (Wildman–Crippen LogP) is 0.788. The number of primary amides is 1. The first-order valence-electron chi connectivity index (χ1n) is 7.40. The highest BCUT2D eigenvalue weighted by Gasteiger charge is 2.35. The number of hydrogen-bond acceptors (Lipinski definition) is 6. The lowest BCUT2D eigenvalue weighted by Gasteiger charge is -2.23. The molecule has 1 aromatic carbocycles. The quantitative estimate of drug-likeness (QED) is 0.532. The monoisotopic (exact) mass is 376 g/mol. The zero-order chi connectivity index (χ0) is 18.8. The Kier molecular flexibility index (Phi) is 4.59. The molecule has 3 rings (SSSR count). The Hall–Kier alpha value is -3.40. The van der Waals surface area contributed by atoms with Crippen LogP contribution in [0.2, 0.25) is 5.02 Å². The number of nitrogens with zero attached hydrogens (tertiary/aromatic N) is 1. The van der Waals surface area contributed by atoms with Gasteiger partial charge in [0.2, 0.25) is 17.8 Å². The molecule has 1 aliphatic rings. The molecule has 11 heteroatoms. The maximum absolute atomic E-state index is 12.4. The molecule has 10 nitrogen and oxygen atoms in total. The Morgan fingerprint density at radius 1 is 1.23 bits per heavy atom. The number of fused-ring (bicyclic) bond motifs is 1. The predicted molar refractivity (Wildman–Crippen MR) is 93.3 cm³/mol. The zero-order valence-electron chi connectivity index (χ0n) is 13.1. The first-order chi connectivity index (χ1) is 12.3. The van der Waals surface area contributed by atoms with Crippen molar-refractivity contribution in [2.75, 3.05) is 10.6 Å². The molecule has 0 saturated carbocycles. The number of urea groups is 1. The second-order valence-corrected chi connectivity index (χ2v) is 5.90. The van der Waals surface area contributed by atoms with Crippen LogP contribution in [0.15, 0.2) is 29.1 Å². The van der Waals surface area contributed by atoms with Crippen molar-refractivity contribution in [1.82, 2.24) is 15.3 Å². The van der Waals surface area contributed by atoms with E-state index in [9.17, 15) is 19.2 Å². The summed E-state index contributed by atoms with van der Waals surface area (Å²) in [5, 5.41) is 7.72. The largest absolute Gasteiger partial charge is 0.351 e. The second-order valence-electron chi connectivity index (χ2n) is 5.47. The molecule has 0 saturated heterocycles. The number of benzene rings is 1. The summed E-state index contributed by atoms with van der Waals surface area (Å²) in [6, 6.07) is 5.55. The average molecular weight is 377 g/mol. The SMILES string of the molecule is NC(=O)NC(=O)[C@@H]1CC(=O)Nc2nc(Nc3ccc(Cl)cc3)[nH]c(=O)c21. The molecule has 0 aliphatic carbocycles. The van der Waals surface area contributed by atoms with Gasteiger partial charge in [0.25, 0.3) is 5.56 Å². The Balaban J connectivity index is 1.96. The molecule has 1 aliphatic heterocycles. The Morgan fingerprint density at radius 2 is 1.92 bits per heavy atom. The van der Waals surface area contributed by atoms with Gasteiger partial charge in [-0.15, -0.1) is 0 Å². The van der Waals surface area contributed by atoms with Crippen molar-refractivity contribution in [2.45, 2.75) is 12.3 Å². The molecule has 2 heterocycles. The van der Waals surface area contributed by atoms with Crippen molar-refractivity contribution in [3.8, 4) is 0 Å². The number of halogens is 1. The first kappa shape index (κ1) is 17.4. The van der Waals surface area contributed by atoms with Crippen LogP contribution in [0, 0.1) is 0 Å². The van der Waals surface area contributed by atoms with Crippen LogP contribution in [-0.4, -0.2) is 27.8 Å². The fourth-order valence-electron chi connectivity index (χ4n) is 2.53. The smallest absolute Gasteiger partial charge is 0.318 e. The zero-order valence-corrected chi connectivity index (χ0v) is 13.9. The number of nitrogens with one attached hydrogen (secondary N) is 4. The van der Waals surface area contributed by atoms with E-state index in [-0.39, 0.29) is 23.8 Å². The minimum absolute atomic E-state index is 0.0509. The number of hydrogen-bond donors (Lipinski definition) is 5. The van der Waals surface area contributed by atoms with Crippen molar-refractivity contribution in [1.29, 1.82) is 0 Å². The minimum atomic E-state index is -1.17.